The lowest BCUT2D eigenvalue weighted by molar-refractivity contribution is -0.137. The molecule has 0 atom stereocenters. The van der Waals surface area contributed by atoms with Gasteiger partial charge in [0.05, 0.1) is 17.7 Å². The molecule has 3 nitrogen and oxygen atoms in total. The topological polar surface area (TPSA) is 31.2 Å². The van der Waals surface area contributed by atoms with Gasteiger partial charge in [0, 0.05) is 17.9 Å². The van der Waals surface area contributed by atoms with Gasteiger partial charge in [0.25, 0.3) is 0 Å². The first-order chi connectivity index (χ1) is 10.7. The van der Waals surface area contributed by atoms with Crippen molar-refractivity contribution < 1.29 is 22.7 Å². The molecular formula is C17H18F3NO2. The van der Waals surface area contributed by atoms with Crippen LogP contribution in [0.5, 0.6) is 0 Å². The largest absolute Gasteiger partial charge is 0.462 e. The number of hydrogen-bond donors (Lipinski definition) is 0. The summed E-state index contributed by atoms with van der Waals surface area (Å²) < 4.78 is 44.6. The Morgan fingerprint density at radius 1 is 1.17 bits per heavy atom. The Labute approximate surface area is 132 Å². The average Bonchev–Trinajstić information content (AvgIpc) is 2.75. The van der Waals surface area contributed by atoms with Crippen LogP contribution in [-0.2, 0) is 17.5 Å². The predicted octanol–water partition coefficient (Wildman–Crippen LogP) is 4.35. The third-order valence-corrected chi connectivity index (χ3v) is 3.69. The number of aromatic nitrogens is 1. The minimum Gasteiger partial charge on any atom is -0.462 e. The lowest BCUT2D eigenvalue weighted by atomic mass is 10.1. The molecule has 0 saturated carbocycles. The Balaban J connectivity index is 2.25. The Hall–Kier alpha value is -2.24. The van der Waals surface area contributed by atoms with Crippen LogP contribution < -0.4 is 0 Å². The van der Waals surface area contributed by atoms with Crippen LogP contribution in [0.25, 0.3) is 0 Å². The molecule has 2 rings (SSSR count). The number of alkyl halides is 3. The highest BCUT2D eigenvalue weighted by molar-refractivity contribution is 5.91. The number of nitrogens with zero attached hydrogens (tertiary/aromatic N) is 1. The van der Waals surface area contributed by atoms with E-state index in [1.165, 1.54) is 12.1 Å². The van der Waals surface area contributed by atoms with Crippen LogP contribution in [0.2, 0.25) is 0 Å². The van der Waals surface area contributed by atoms with E-state index in [9.17, 15) is 18.0 Å². The van der Waals surface area contributed by atoms with E-state index in [1.54, 1.807) is 19.9 Å². The standard InChI is InChI=1S/C17H18F3NO2/c1-4-23-16(22)15-9-11(2)21(12(15)3)10-13-5-7-14(8-6-13)17(18,19)20/h5-9H,4,10H2,1-3H3. The van der Waals surface area contributed by atoms with Gasteiger partial charge in [-0.05, 0) is 44.5 Å². The van der Waals surface area contributed by atoms with Crippen molar-refractivity contribution in [3.63, 3.8) is 0 Å². The molecule has 6 heteroatoms. The maximum Gasteiger partial charge on any atom is 0.416 e. The first kappa shape index (κ1) is 17.1. The van der Waals surface area contributed by atoms with Crippen molar-refractivity contribution in [2.45, 2.75) is 33.5 Å². The minimum atomic E-state index is -4.34. The van der Waals surface area contributed by atoms with Crippen molar-refractivity contribution in [1.29, 1.82) is 0 Å². The van der Waals surface area contributed by atoms with Crippen molar-refractivity contribution in [2.75, 3.05) is 6.61 Å². The third-order valence-electron chi connectivity index (χ3n) is 3.69. The summed E-state index contributed by atoms with van der Waals surface area (Å²) in [6, 6.07) is 6.76. The number of esters is 1. The molecule has 1 heterocycles. The van der Waals surface area contributed by atoms with Gasteiger partial charge in [-0.1, -0.05) is 12.1 Å². The first-order valence-corrected chi connectivity index (χ1v) is 7.24. The molecule has 0 bridgehead atoms. The molecule has 23 heavy (non-hydrogen) atoms. The smallest absolute Gasteiger partial charge is 0.416 e. The minimum absolute atomic E-state index is 0.293. The van der Waals surface area contributed by atoms with E-state index < -0.39 is 11.7 Å². The molecule has 0 N–H and O–H groups in total. The van der Waals surface area contributed by atoms with E-state index in [2.05, 4.69) is 0 Å². The molecule has 0 aliphatic rings. The number of ether oxygens (including phenoxy) is 1. The lowest BCUT2D eigenvalue weighted by Gasteiger charge is -2.11. The Kier molecular flexibility index (Phi) is 4.82. The van der Waals surface area contributed by atoms with Crippen molar-refractivity contribution in [3.05, 3.63) is 58.4 Å². The molecule has 0 spiro atoms. The molecule has 124 valence electrons. The number of aryl methyl sites for hydroxylation is 1. The maximum atomic E-state index is 12.6. The van der Waals surface area contributed by atoms with E-state index >= 15 is 0 Å². The van der Waals surface area contributed by atoms with Gasteiger partial charge in [0.15, 0.2) is 0 Å². The summed E-state index contributed by atoms with van der Waals surface area (Å²) in [7, 11) is 0. The van der Waals surface area contributed by atoms with Crippen molar-refractivity contribution in [1.82, 2.24) is 4.57 Å². The molecule has 0 fully saturated rings. The molecule has 0 amide bonds. The van der Waals surface area contributed by atoms with Gasteiger partial charge < -0.3 is 9.30 Å². The maximum absolute atomic E-state index is 12.6. The van der Waals surface area contributed by atoms with Gasteiger partial charge in [-0.2, -0.15) is 13.2 Å². The first-order valence-electron chi connectivity index (χ1n) is 7.24. The summed E-state index contributed by atoms with van der Waals surface area (Å²) in [4.78, 5) is 11.9. The van der Waals surface area contributed by atoms with Crippen LogP contribution >= 0.6 is 0 Å². The van der Waals surface area contributed by atoms with Crippen LogP contribution in [-0.4, -0.2) is 17.1 Å². The summed E-state index contributed by atoms with van der Waals surface area (Å²) >= 11 is 0. The summed E-state index contributed by atoms with van der Waals surface area (Å²) in [5, 5.41) is 0. The van der Waals surface area contributed by atoms with Gasteiger partial charge >= 0.3 is 12.1 Å². The van der Waals surface area contributed by atoms with Gasteiger partial charge in [0.1, 0.15) is 0 Å². The molecular weight excluding hydrogens is 307 g/mol. The number of hydrogen-bond acceptors (Lipinski definition) is 2. The predicted molar refractivity (Wildman–Crippen MR) is 80.4 cm³/mol. The summed E-state index contributed by atoms with van der Waals surface area (Å²) in [5.41, 5.74) is 2.13. The highest BCUT2D eigenvalue weighted by atomic mass is 19.4. The molecule has 0 saturated heterocycles. The van der Waals surface area contributed by atoms with Gasteiger partial charge in [0.2, 0.25) is 0 Å². The fourth-order valence-corrected chi connectivity index (χ4v) is 2.44. The molecule has 0 radical (unpaired) electrons. The molecule has 0 aliphatic carbocycles. The van der Waals surface area contributed by atoms with Gasteiger partial charge in [-0.25, -0.2) is 4.79 Å². The quantitative estimate of drug-likeness (QED) is 0.783. The van der Waals surface area contributed by atoms with Crippen molar-refractivity contribution in [2.24, 2.45) is 0 Å². The van der Waals surface area contributed by atoms with E-state index in [1.807, 2.05) is 11.5 Å². The van der Waals surface area contributed by atoms with Gasteiger partial charge in [-0.3, -0.25) is 0 Å². The zero-order valence-electron chi connectivity index (χ0n) is 13.2. The van der Waals surface area contributed by atoms with Crippen LogP contribution in [0.15, 0.2) is 30.3 Å². The molecule has 0 aliphatic heterocycles. The number of benzene rings is 1. The number of rotatable bonds is 4. The van der Waals surface area contributed by atoms with E-state index in [4.69, 9.17) is 4.74 Å². The Morgan fingerprint density at radius 2 is 1.78 bits per heavy atom. The Bertz CT molecular complexity index is 700. The van der Waals surface area contributed by atoms with Crippen LogP contribution in [0.4, 0.5) is 13.2 Å². The summed E-state index contributed by atoms with van der Waals surface area (Å²) in [6.07, 6.45) is -4.34. The van der Waals surface area contributed by atoms with Crippen LogP contribution in [0.1, 0.15) is 39.8 Å². The normalized spacial score (nSPS) is 11.6. The summed E-state index contributed by atoms with van der Waals surface area (Å²) in [6.45, 7) is 6.07. The lowest BCUT2D eigenvalue weighted by Crippen LogP contribution is -2.09. The average molecular weight is 325 g/mol. The second-order valence-corrected chi connectivity index (χ2v) is 5.29. The number of halogens is 3. The third kappa shape index (κ3) is 3.75. The fourth-order valence-electron chi connectivity index (χ4n) is 2.44. The zero-order valence-corrected chi connectivity index (χ0v) is 13.2. The second kappa shape index (κ2) is 6.48. The van der Waals surface area contributed by atoms with E-state index in [-0.39, 0.29) is 5.97 Å². The van der Waals surface area contributed by atoms with Crippen molar-refractivity contribution >= 4 is 5.97 Å². The monoisotopic (exact) mass is 325 g/mol. The summed E-state index contributed by atoms with van der Waals surface area (Å²) in [5.74, 6) is -0.390. The van der Waals surface area contributed by atoms with E-state index in [0.29, 0.717) is 18.7 Å². The van der Waals surface area contributed by atoms with E-state index in [0.717, 1.165) is 29.1 Å². The highest BCUT2D eigenvalue weighted by Crippen LogP contribution is 2.29. The zero-order chi connectivity index (χ0) is 17.2. The van der Waals surface area contributed by atoms with Crippen molar-refractivity contribution in [3.8, 4) is 0 Å². The second-order valence-electron chi connectivity index (χ2n) is 5.29. The van der Waals surface area contributed by atoms with Crippen LogP contribution in [0, 0.1) is 13.8 Å². The molecule has 2 aromatic rings. The highest BCUT2D eigenvalue weighted by Gasteiger charge is 2.30. The number of carbonyl (C=O) groups excluding carboxylic acids is 1. The Morgan fingerprint density at radius 3 is 2.30 bits per heavy atom. The number of carbonyl (C=O) groups is 1. The molecule has 0 unspecified atom stereocenters. The van der Waals surface area contributed by atoms with Crippen LogP contribution in [0.3, 0.4) is 0 Å². The molecule has 1 aromatic carbocycles. The molecule has 1 aromatic heterocycles. The fraction of sp³-hybridized carbons (Fsp3) is 0.353. The van der Waals surface area contributed by atoms with Gasteiger partial charge in [-0.15, -0.1) is 0 Å². The SMILES string of the molecule is CCOC(=O)c1cc(C)n(Cc2ccc(C(F)(F)F)cc2)c1C.